The van der Waals surface area contributed by atoms with Gasteiger partial charge in [0.05, 0.1) is 7.11 Å². The van der Waals surface area contributed by atoms with Crippen molar-refractivity contribution in [1.29, 1.82) is 0 Å². The largest absolute Gasteiger partial charge is 0.504 e. The molecular weight excluding hydrogens is 434 g/mol. The number of amides is 2. The molecule has 180 valence electrons. The molecule has 2 aromatic carbocycles. The first-order valence-corrected chi connectivity index (χ1v) is 11.4. The van der Waals surface area contributed by atoms with Gasteiger partial charge in [-0.1, -0.05) is 12.1 Å². The van der Waals surface area contributed by atoms with Crippen LogP contribution in [0.1, 0.15) is 30.4 Å². The van der Waals surface area contributed by atoms with E-state index in [0.717, 1.165) is 37.9 Å². The molecule has 0 unspecified atom stereocenters. The van der Waals surface area contributed by atoms with Crippen molar-refractivity contribution >= 4 is 24.0 Å². The van der Waals surface area contributed by atoms with Crippen molar-refractivity contribution in [2.45, 2.75) is 19.3 Å². The maximum atomic E-state index is 12.1. The van der Waals surface area contributed by atoms with Crippen molar-refractivity contribution in [2.24, 2.45) is 0 Å². The minimum Gasteiger partial charge on any atom is -0.504 e. The molecule has 2 heterocycles. The number of aromatic hydroxyl groups is 1. The van der Waals surface area contributed by atoms with Crippen LogP contribution in [0.15, 0.2) is 48.6 Å². The van der Waals surface area contributed by atoms with Gasteiger partial charge in [-0.05, 0) is 79.9 Å². The van der Waals surface area contributed by atoms with Gasteiger partial charge in [0.2, 0.25) is 11.8 Å². The summed E-state index contributed by atoms with van der Waals surface area (Å²) in [5, 5.41) is 19.3. The highest BCUT2D eigenvalue weighted by molar-refractivity contribution is 5.92. The van der Waals surface area contributed by atoms with Crippen molar-refractivity contribution in [3.63, 3.8) is 0 Å². The van der Waals surface area contributed by atoms with Crippen LogP contribution in [0.4, 0.5) is 0 Å². The highest BCUT2D eigenvalue weighted by Gasteiger charge is 2.10. The van der Waals surface area contributed by atoms with E-state index in [1.807, 2.05) is 0 Å². The summed E-state index contributed by atoms with van der Waals surface area (Å²) >= 11 is 0. The third-order valence-corrected chi connectivity index (χ3v) is 5.15. The monoisotopic (exact) mass is 465 g/mol. The summed E-state index contributed by atoms with van der Waals surface area (Å²) in [7, 11) is 1.52. The summed E-state index contributed by atoms with van der Waals surface area (Å²) < 4.78 is 11.3. The lowest BCUT2D eigenvalue weighted by Gasteiger charge is -2.12. The van der Waals surface area contributed by atoms with Crippen LogP contribution in [-0.4, -0.2) is 50.2 Å². The number of nitrogens with one attached hydrogen (secondary N) is 3. The molecule has 0 saturated heterocycles. The van der Waals surface area contributed by atoms with E-state index in [9.17, 15) is 14.7 Å². The van der Waals surface area contributed by atoms with Crippen LogP contribution in [0.2, 0.25) is 0 Å². The average molecular weight is 466 g/mol. The molecule has 0 radical (unpaired) electrons. The zero-order chi connectivity index (χ0) is 24.2. The van der Waals surface area contributed by atoms with Gasteiger partial charge in [0.1, 0.15) is 0 Å². The van der Waals surface area contributed by atoms with E-state index in [1.165, 1.54) is 25.3 Å². The quantitative estimate of drug-likeness (QED) is 0.515. The Balaban J connectivity index is 1.81. The molecule has 0 atom stereocenters. The zero-order valence-electron chi connectivity index (χ0n) is 19.3. The molecule has 2 aliphatic heterocycles. The molecule has 0 spiro atoms. The Morgan fingerprint density at radius 1 is 0.765 bits per heavy atom. The first-order chi connectivity index (χ1) is 16.5. The second-order valence-corrected chi connectivity index (χ2v) is 7.80. The van der Waals surface area contributed by atoms with Crippen molar-refractivity contribution in [1.82, 2.24) is 16.0 Å². The number of hydrogen-bond acceptors (Lipinski definition) is 6. The SMILES string of the molecule is COc1cc2ccc1Oc1cc(ccc1O)/C=C\C(=O)NCCCNCCCCNC(=O)/C=C/2. The highest BCUT2D eigenvalue weighted by atomic mass is 16.5. The lowest BCUT2D eigenvalue weighted by atomic mass is 10.1. The fourth-order valence-electron chi connectivity index (χ4n) is 3.31. The topological polar surface area (TPSA) is 109 Å². The van der Waals surface area contributed by atoms with E-state index in [-0.39, 0.29) is 23.3 Å². The molecule has 4 rings (SSSR count). The summed E-state index contributed by atoms with van der Waals surface area (Å²) in [4.78, 5) is 24.2. The predicted molar refractivity (Wildman–Crippen MR) is 132 cm³/mol. The maximum absolute atomic E-state index is 12.1. The van der Waals surface area contributed by atoms with Gasteiger partial charge in [-0.15, -0.1) is 0 Å². The predicted octanol–water partition coefficient (Wildman–Crippen LogP) is 3.23. The van der Waals surface area contributed by atoms with Crippen LogP contribution in [0, 0.1) is 0 Å². The Bertz CT molecular complexity index is 1050. The maximum Gasteiger partial charge on any atom is 0.243 e. The fourth-order valence-corrected chi connectivity index (χ4v) is 3.31. The third kappa shape index (κ3) is 7.97. The van der Waals surface area contributed by atoms with Crippen molar-refractivity contribution in [3.8, 4) is 23.0 Å². The molecule has 0 aromatic heterocycles. The minimum atomic E-state index is -0.189. The third-order valence-electron chi connectivity index (χ3n) is 5.15. The molecular formula is C26H31N3O5. The molecule has 2 amide bonds. The lowest BCUT2D eigenvalue weighted by Crippen LogP contribution is -2.27. The Labute approximate surface area is 199 Å². The van der Waals surface area contributed by atoms with Crippen LogP contribution in [0.3, 0.4) is 0 Å². The van der Waals surface area contributed by atoms with Gasteiger partial charge >= 0.3 is 0 Å². The summed E-state index contributed by atoms with van der Waals surface area (Å²) in [6, 6.07) is 10.1. The van der Waals surface area contributed by atoms with E-state index < -0.39 is 0 Å². The normalized spacial score (nSPS) is 18.0. The molecule has 2 aliphatic rings. The van der Waals surface area contributed by atoms with Crippen molar-refractivity contribution in [2.75, 3.05) is 33.3 Å². The number of benzene rings is 2. The van der Waals surface area contributed by atoms with Gasteiger partial charge in [0, 0.05) is 25.2 Å². The summed E-state index contributed by atoms with van der Waals surface area (Å²) in [6.07, 6.45) is 8.95. The van der Waals surface area contributed by atoms with Crippen molar-refractivity contribution < 1.29 is 24.2 Å². The Morgan fingerprint density at radius 3 is 2.12 bits per heavy atom. The van der Waals surface area contributed by atoms with Crippen molar-refractivity contribution in [3.05, 3.63) is 59.7 Å². The second kappa shape index (κ2) is 13.1. The van der Waals surface area contributed by atoms with Crippen LogP contribution < -0.4 is 25.4 Å². The first kappa shape index (κ1) is 24.9. The number of fused-ring (bicyclic) bond motifs is 15. The van der Waals surface area contributed by atoms with Gasteiger partial charge < -0.3 is 30.5 Å². The van der Waals surface area contributed by atoms with E-state index >= 15 is 0 Å². The average Bonchev–Trinajstić information content (AvgIpc) is 2.84. The molecule has 0 saturated carbocycles. The summed E-state index contributed by atoms with van der Waals surface area (Å²) in [5.74, 6) is 0.686. The second-order valence-electron chi connectivity index (χ2n) is 7.80. The number of rotatable bonds is 1. The molecule has 4 bridgehead atoms. The van der Waals surface area contributed by atoms with Gasteiger partial charge in [0.25, 0.3) is 0 Å². The van der Waals surface area contributed by atoms with Crippen LogP contribution in [-0.2, 0) is 9.59 Å². The van der Waals surface area contributed by atoms with Crippen LogP contribution >= 0.6 is 0 Å². The minimum absolute atomic E-state index is 0.0433. The van der Waals surface area contributed by atoms with E-state index in [1.54, 1.807) is 42.5 Å². The number of ether oxygens (including phenoxy) is 2. The molecule has 2 aromatic rings. The highest BCUT2D eigenvalue weighted by Crippen LogP contribution is 2.37. The van der Waals surface area contributed by atoms with Gasteiger partial charge in [-0.2, -0.15) is 0 Å². The molecule has 34 heavy (non-hydrogen) atoms. The number of carbonyl (C=O) groups is 2. The number of phenols is 1. The standard InChI is InChI=1S/C26H31N3O5/c1-33-24-18-20-6-10-22(24)34-23-17-19(5-9-21(23)30)7-11-26(32)29-16-4-14-27-13-2-3-15-28-25(31)12-8-20/h5-12,17-18,27,30H,2-4,13-16H2,1H3,(H,28,31)(H,29,32)/b11-7-,12-8+. The van der Waals surface area contributed by atoms with E-state index in [4.69, 9.17) is 9.47 Å². The lowest BCUT2D eigenvalue weighted by molar-refractivity contribution is -0.117. The van der Waals surface area contributed by atoms with Gasteiger partial charge in [-0.3, -0.25) is 9.59 Å². The smallest absolute Gasteiger partial charge is 0.243 e. The van der Waals surface area contributed by atoms with Crippen LogP contribution in [0.25, 0.3) is 12.2 Å². The number of phenolic OH excluding ortho intramolecular Hbond substituents is 1. The summed E-state index contributed by atoms with van der Waals surface area (Å²) in [6.45, 7) is 2.83. The Hall–Kier alpha value is -3.78. The number of methoxy groups -OCH3 is 1. The number of carbonyl (C=O) groups excluding carboxylic acids is 2. The molecule has 8 nitrogen and oxygen atoms in total. The zero-order valence-corrected chi connectivity index (χ0v) is 19.3. The molecule has 0 fully saturated rings. The van der Waals surface area contributed by atoms with Gasteiger partial charge in [-0.25, -0.2) is 0 Å². The number of hydrogen-bond donors (Lipinski definition) is 4. The molecule has 8 heteroatoms. The van der Waals surface area contributed by atoms with E-state index in [2.05, 4.69) is 16.0 Å². The first-order valence-electron chi connectivity index (χ1n) is 11.4. The fraction of sp³-hybridized carbons (Fsp3) is 0.308. The van der Waals surface area contributed by atoms with Gasteiger partial charge in [0.15, 0.2) is 23.0 Å². The Morgan fingerprint density at radius 2 is 1.38 bits per heavy atom. The molecule has 0 aliphatic carbocycles. The Kier molecular flexibility index (Phi) is 9.54. The molecule has 4 N–H and O–H groups in total. The van der Waals surface area contributed by atoms with E-state index in [0.29, 0.717) is 30.2 Å². The van der Waals surface area contributed by atoms with Crippen LogP contribution in [0.5, 0.6) is 23.0 Å². The summed E-state index contributed by atoms with van der Waals surface area (Å²) in [5.41, 5.74) is 1.47.